The molecule has 12 nitrogen and oxygen atoms in total. The minimum Gasteiger partial charge on any atom is -0.481 e. The van der Waals surface area contributed by atoms with E-state index in [0.717, 1.165) is 12.2 Å². The summed E-state index contributed by atoms with van der Waals surface area (Å²) in [5.74, 6) is -4.90. The summed E-state index contributed by atoms with van der Waals surface area (Å²) in [6.07, 6.45) is 0.132. The Morgan fingerprint density at radius 1 is 1.12 bits per heavy atom. The summed E-state index contributed by atoms with van der Waals surface area (Å²) >= 11 is 0. The van der Waals surface area contributed by atoms with E-state index in [-0.39, 0.29) is 0 Å². The summed E-state index contributed by atoms with van der Waals surface area (Å²) in [6, 6.07) is -4.28. The quantitative estimate of drug-likeness (QED) is 0.157. The first-order chi connectivity index (χ1) is 11.3. The first-order valence-electron chi connectivity index (χ1n) is 6.85. The molecule has 2 amide bonds. The van der Waals surface area contributed by atoms with Crippen LogP contribution in [0.1, 0.15) is 13.3 Å². The molecule has 0 unspecified atom stereocenters. The van der Waals surface area contributed by atoms with Gasteiger partial charge in [-0.3, -0.25) is 18.9 Å². The second-order valence-electron chi connectivity index (χ2n) is 5.05. The normalized spacial score (nSPS) is 15.2. The van der Waals surface area contributed by atoms with Crippen LogP contribution in [-0.4, -0.2) is 68.0 Å². The third-order valence-electron chi connectivity index (χ3n) is 2.66. The molecule has 0 heterocycles. The van der Waals surface area contributed by atoms with Gasteiger partial charge in [-0.05, 0) is 6.92 Å². The van der Waals surface area contributed by atoms with Crippen molar-refractivity contribution >= 4 is 31.3 Å². The van der Waals surface area contributed by atoms with Crippen LogP contribution in [0.2, 0.25) is 0 Å². The predicted molar refractivity (Wildman–Crippen MR) is 83.5 cm³/mol. The summed E-state index contributed by atoms with van der Waals surface area (Å²) in [5.41, 5.74) is 5.30. The van der Waals surface area contributed by atoms with E-state index in [1.54, 1.807) is 0 Å². The molecule has 0 aromatic rings. The maximum atomic E-state index is 12.0. The van der Waals surface area contributed by atoms with Crippen molar-refractivity contribution in [1.29, 1.82) is 0 Å². The highest BCUT2D eigenvalue weighted by Gasteiger charge is 2.28. The first-order valence-corrected chi connectivity index (χ1v) is 8.65. The number of nitrogens with two attached hydrogens (primary N) is 1. The van der Waals surface area contributed by atoms with Gasteiger partial charge < -0.3 is 36.4 Å². The zero-order chi connectivity index (χ0) is 19.8. The molecule has 0 bridgehead atoms. The van der Waals surface area contributed by atoms with Gasteiger partial charge in [0.2, 0.25) is 11.8 Å². The highest BCUT2D eigenvalue weighted by Crippen LogP contribution is 2.33. The molecule has 0 aliphatic carbocycles. The van der Waals surface area contributed by atoms with Crippen molar-refractivity contribution in [2.75, 3.05) is 6.16 Å². The Bertz CT molecular complexity index is 599. The second-order valence-corrected chi connectivity index (χ2v) is 6.74. The Kier molecular flexibility index (Phi) is 8.99. The molecule has 8 N–H and O–H groups in total. The van der Waals surface area contributed by atoms with Gasteiger partial charge in [-0.25, -0.2) is 4.79 Å². The number of carboxylic acids is 2. The second kappa shape index (κ2) is 9.89. The molecule has 25 heavy (non-hydrogen) atoms. The third kappa shape index (κ3) is 10.2. The number of aliphatic carboxylic acids is 2. The lowest BCUT2D eigenvalue weighted by Crippen LogP contribution is -2.54. The number of rotatable bonds is 10. The number of hydrogen-bond acceptors (Lipinski definition) is 6. The zero-order valence-corrected chi connectivity index (χ0v) is 14.1. The SMILES string of the molecule is C[C@H](N)C(=O)N[C@@H](CC(=O)O)C(=O)N[C@H](/C=C\CP(=O)(O)O)C(=O)O. The molecule has 0 fully saturated rings. The van der Waals surface area contributed by atoms with E-state index in [1.165, 1.54) is 6.92 Å². The smallest absolute Gasteiger partial charge is 0.330 e. The maximum absolute atomic E-state index is 12.0. The first kappa shape index (κ1) is 22.7. The van der Waals surface area contributed by atoms with Crippen LogP contribution in [0.15, 0.2) is 12.2 Å². The molecule has 142 valence electrons. The summed E-state index contributed by atoms with van der Waals surface area (Å²) in [6.45, 7) is 1.30. The standard InChI is InChI=1S/C12H20N3O9P/c1-6(13)10(18)15-8(5-9(16)17)11(19)14-7(12(20)21)3-2-4-25(22,23)24/h2-3,6-8H,4-5,13H2,1H3,(H,14,19)(H,15,18)(H,16,17)(H,20,21)(H2,22,23,24)/b3-2-/t6-,7+,8-/m0/s1. The van der Waals surface area contributed by atoms with Gasteiger partial charge >= 0.3 is 19.5 Å². The predicted octanol–water partition coefficient (Wildman–Crippen LogP) is -2.40. The Hall–Kier alpha value is -2.27. The fourth-order valence-electron chi connectivity index (χ4n) is 1.47. The summed E-state index contributed by atoms with van der Waals surface area (Å²) in [7, 11) is -4.40. The van der Waals surface area contributed by atoms with Gasteiger partial charge in [0.05, 0.1) is 18.6 Å². The van der Waals surface area contributed by atoms with Crippen molar-refractivity contribution in [2.24, 2.45) is 5.73 Å². The van der Waals surface area contributed by atoms with Crippen LogP contribution in [0, 0.1) is 0 Å². The Morgan fingerprint density at radius 3 is 2.08 bits per heavy atom. The van der Waals surface area contributed by atoms with Gasteiger partial charge in [-0.1, -0.05) is 12.2 Å². The summed E-state index contributed by atoms with van der Waals surface area (Å²) in [4.78, 5) is 62.8. The van der Waals surface area contributed by atoms with Crippen LogP contribution in [0.25, 0.3) is 0 Å². The van der Waals surface area contributed by atoms with Gasteiger partial charge in [0.25, 0.3) is 0 Å². The number of hydrogen-bond donors (Lipinski definition) is 7. The van der Waals surface area contributed by atoms with E-state index in [2.05, 4.69) is 5.32 Å². The van der Waals surface area contributed by atoms with Crippen LogP contribution in [0.4, 0.5) is 0 Å². The van der Waals surface area contributed by atoms with Gasteiger partial charge in [0, 0.05) is 0 Å². The molecule has 0 aliphatic rings. The largest absolute Gasteiger partial charge is 0.481 e. The van der Waals surface area contributed by atoms with Crippen molar-refractivity contribution in [3.8, 4) is 0 Å². The maximum Gasteiger partial charge on any atom is 0.330 e. The van der Waals surface area contributed by atoms with Crippen LogP contribution in [-0.2, 0) is 23.7 Å². The molecule has 0 aromatic heterocycles. The molecule has 0 rings (SSSR count). The van der Waals surface area contributed by atoms with Crippen molar-refractivity contribution in [2.45, 2.75) is 31.5 Å². The van der Waals surface area contributed by atoms with E-state index in [9.17, 15) is 23.7 Å². The Labute approximate surface area is 142 Å². The lowest BCUT2D eigenvalue weighted by Gasteiger charge is -2.20. The molecule has 0 saturated carbocycles. The molecular weight excluding hydrogens is 361 g/mol. The topological polar surface area (TPSA) is 216 Å². The van der Waals surface area contributed by atoms with Gasteiger partial charge in [-0.2, -0.15) is 0 Å². The van der Waals surface area contributed by atoms with Gasteiger partial charge in [0.15, 0.2) is 0 Å². The lowest BCUT2D eigenvalue weighted by atomic mass is 10.1. The van der Waals surface area contributed by atoms with Crippen molar-refractivity contribution < 1.29 is 43.7 Å². The Morgan fingerprint density at radius 2 is 1.68 bits per heavy atom. The number of carbonyl (C=O) groups excluding carboxylic acids is 2. The number of amides is 2. The molecular formula is C12H20N3O9P. The molecule has 0 aromatic carbocycles. The summed E-state index contributed by atoms with van der Waals surface area (Å²) in [5, 5.41) is 21.8. The molecule has 0 spiro atoms. The highest BCUT2D eigenvalue weighted by atomic mass is 31.2. The molecule has 0 radical (unpaired) electrons. The van der Waals surface area contributed by atoms with Crippen molar-refractivity contribution in [1.82, 2.24) is 10.6 Å². The van der Waals surface area contributed by atoms with Crippen LogP contribution in [0.5, 0.6) is 0 Å². The fraction of sp³-hybridized carbons (Fsp3) is 0.500. The molecule has 3 atom stereocenters. The minimum atomic E-state index is -4.40. The number of carbonyl (C=O) groups is 4. The van der Waals surface area contributed by atoms with E-state index < -0.39 is 62.1 Å². The number of allylic oxidation sites excluding steroid dienone is 1. The van der Waals surface area contributed by atoms with Crippen LogP contribution in [0.3, 0.4) is 0 Å². The minimum absolute atomic E-state index is 0.743. The van der Waals surface area contributed by atoms with E-state index in [4.69, 9.17) is 25.7 Å². The van der Waals surface area contributed by atoms with Crippen LogP contribution < -0.4 is 16.4 Å². The highest BCUT2D eigenvalue weighted by molar-refractivity contribution is 7.51. The zero-order valence-electron chi connectivity index (χ0n) is 13.2. The number of nitrogens with one attached hydrogen (secondary N) is 2. The van der Waals surface area contributed by atoms with Crippen LogP contribution >= 0.6 is 7.60 Å². The van der Waals surface area contributed by atoms with E-state index >= 15 is 0 Å². The summed E-state index contributed by atoms with van der Waals surface area (Å²) < 4.78 is 10.7. The van der Waals surface area contributed by atoms with Crippen molar-refractivity contribution in [3.63, 3.8) is 0 Å². The van der Waals surface area contributed by atoms with Gasteiger partial charge in [-0.15, -0.1) is 0 Å². The number of carboxylic acid groups (broad SMARTS) is 2. The Balaban J connectivity index is 5.12. The molecule has 13 heteroatoms. The van der Waals surface area contributed by atoms with Gasteiger partial charge in [0.1, 0.15) is 12.1 Å². The van der Waals surface area contributed by atoms with Crippen molar-refractivity contribution in [3.05, 3.63) is 12.2 Å². The molecule has 0 saturated heterocycles. The van der Waals surface area contributed by atoms with E-state index in [1.807, 2.05) is 5.32 Å². The average Bonchev–Trinajstić information content (AvgIpc) is 2.43. The third-order valence-corrected chi connectivity index (χ3v) is 3.35. The monoisotopic (exact) mass is 381 g/mol. The lowest BCUT2D eigenvalue weighted by molar-refractivity contribution is -0.142. The fourth-order valence-corrected chi connectivity index (χ4v) is 1.86. The van der Waals surface area contributed by atoms with E-state index in [0.29, 0.717) is 0 Å². The average molecular weight is 381 g/mol. The molecule has 0 aliphatic heterocycles.